The second kappa shape index (κ2) is 10.2. The van der Waals surface area contributed by atoms with E-state index in [4.69, 9.17) is 4.74 Å². The molecule has 144 valence electrons. The minimum atomic E-state index is 0.813. The van der Waals surface area contributed by atoms with E-state index in [2.05, 4.69) is 44.2 Å². The summed E-state index contributed by atoms with van der Waals surface area (Å²) in [4.78, 5) is 0. The first kappa shape index (κ1) is 19.5. The van der Waals surface area contributed by atoms with Crippen molar-refractivity contribution in [2.75, 3.05) is 6.61 Å². The summed E-state index contributed by atoms with van der Waals surface area (Å²) in [5.74, 6) is 4.03. The van der Waals surface area contributed by atoms with E-state index >= 15 is 0 Å². The lowest BCUT2D eigenvalue weighted by molar-refractivity contribution is 0.189. The fourth-order valence-electron chi connectivity index (χ4n) is 4.91. The molecule has 3 rings (SSSR count). The van der Waals surface area contributed by atoms with Gasteiger partial charge in [0, 0.05) is 0 Å². The molecular weight excluding hydrogens is 316 g/mol. The molecular formula is C25H38O. The Bertz CT molecular complexity index is 548. The maximum atomic E-state index is 5.68. The van der Waals surface area contributed by atoms with Crippen LogP contribution in [0.1, 0.15) is 83.6 Å². The van der Waals surface area contributed by atoms with Gasteiger partial charge in [0.05, 0.1) is 6.61 Å². The van der Waals surface area contributed by atoms with Gasteiger partial charge in [-0.2, -0.15) is 0 Å². The normalized spacial score (nSPS) is 26.4. The summed E-state index contributed by atoms with van der Waals surface area (Å²) in [6.45, 7) is 5.33. The van der Waals surface area contributed by atoms with Gasteiger partial charge in [0.15, 0.2) is 0 Å². The van der Waals surface area contributed by atoms with Crippen LogP contribution in [0, 0.1) is 17.8 Å². The Morgan fingerprint density at radius 1 is 0.885 bits per heavy atom. The molecule has 0 aromatic heterocycles. The molecule has 1 aromatic rings. The summed E-state index contributed by atoms with van der Waals surface area (Å²) in [6, 6.07) is 8.73. The van der Waals surface area contributed by atoms with Crippen LogP contribution in [0.5, 0.6) is 5.75 Å². The molecule has 0 aliphatic heterocycles. The van der Waals surface area contributed by atoms with E-state index in [1.54, 1.807) is 5.57 Å². The molecule has 2 aliphatic rings. The first-order valence-corrected chi connectivity index (χ1v) is 11.2. The van der Waals surface area contributed by atoms with Gasteiger partial charge < -0.3 is 4.74 Å². The van der Waals surface area contributed by atoms with Crippen LogP contribution in [0.2, 0.25) is 0 Å². The number of hydrogen-bond donors (Lipinski definition) is 0. The highest BCUT2D eigenvalue weighted by Crippen LogP contribution is 2.40. The van der Waals surface area contributed by atoms with Crippen molar-refractivity contribution in [1.82, 2.24) is 0 Å². The lowest BCUT2D eigenvalue weighted by Gasteiger charge is -2.35. The lowest BCUT2D eigenvalue weighted by Crippen LogP contribution is -2.23. The standard InChI is InChI=1S/C25H38O/c1-3-19-26-25-17-11-22(12-18-25)6-5-21-9-15-24(16-10-21)23-13-7-20(4-2)8-14-23/h9,11-12,17-18,20,23-24H,3-8,10,13-16,19H2,1-2H3/t20-,23-,24?. The van der Waals surface area contributed by atoms with Crippen LogP contribution in [0.25, 0.3) is 0 Å². The quantitative estimate of drug-likeness (QED) is 0.443. The van der Waals surface area contributed by atoms with Crippen LogP contribution in [-0.4, -0.2) is 6.61 Å². The first-order chi connectivity index (χ1) is 12.8. The highest BCUT2D eigenvalue weighted by Gasteiger charge is 2.27. The molecule has 2 aliphatic carbocycles. The Morgan fingerprint density at radius 3 is 2.27 bits per heavy atom. The Kier molecular flexibility index (Phi) is 7.65. The van der Waals surface area contributed by atoms with Gasteiger partial charge in [-0.25, -0.2) is 0 Å². The lowest BCUT2D eigenvalue weighted by atomic mass is 9.71. The zero-order chi connectivity index (χ0) is 18.2. The SMILES string of the molecule is CCCOc1ccc(CCC2=CCC([C@H]3CC[C@H](CC)CC3)CC2)cc1. The average Bonchev–Trinajstić information content (AvgIpc) is 2.72. The van der Waals surface area contributed by atoms with Crippen molar-refractivity contribution in [3.05, 3.63) is 41.5 Å². The van der Waals surface area contributed by atoms with Gasteiger partial charge in [0.2, 0.25) is 0 Å². The van der Waals surface area contributed by atoms with Crippen molar-refractivity contribution in [3.63, 3.8) is 0 Å². The van der Waals surface area contributed by atoms with Crippen LogP contribution >= 0.6 is 0 Å². The second-order valence-electron chi connectivity index (χ2n) is 8.58. The summed E-state index contributed by atoms with van der Waals surface area (Å²) in [6.07, 6.45) is 17.6. The molecule has 0 amide bonds. The minimum Gasteiger partial charge on any atom is -0.494 e. The van der Waals surface area contributed by atoms with Crippen LogP contribution in [0.4, 0.5) is 0 Å². The molecule has 0 bridgehead atoms. The molecule has 1 heteroatoms. The Hall–Kier alpha value is -1.24. The van der Waals surface area contributed by atoms with Crippen molar-refractivity contribution in [1.29, 1.82) is 0 Å². The van der Waals surface area contributed by atoms with Gasteiger partial charge in [-0.3, -0.25) is 0 Å². The Morgan fingerprint density at radius 2 is 1.65 bits per heavy atom. The van der Waals surface area contributed by atoms with Gasteiger partial charge in [0.25, 0.3) is 0 Å². The minimum absolute atomic E-state index is 0.813. The fourth-order valence-corrected chi connectivity index (χ4v) is 4.91. The summed E-state index contributed by atoms with van der Waals surface area (Å²) >= 11 is 0. The Balaban J connectivity index is 1.40. The largest absolute Gasteiger partial charge is 0.494 e. The molecule has 26 heavy (non-hydrogen) atoms. The number of aryl methyl sites for hydroxylation is 1. The van der Waals surface area contributed by atoms with Gasteiger partial charge in [-0.15, -0.1) is 0 Å². The Labute approximate surface area is 161 Å². The van der Waals surface area contributed by atoms with Gasteiger partial charge in [-0.1, -0.05) is 56.9 Å². The molecule has 0 radical (unpaired) electrons. The van der Waals surface area contributed by atoms with E-state index in [-0.39, 0.29) is 0 Å². The molecule has 1 aromatic carbocycles. The number of hydrogen-bond acceptors (Lipinski definition) is 1. The van der Waals surface area contributed by atoms with E-state index in [9.17, 15) is 0 Å². The molecule has 0 heterocycles. The number of allylic oxidation sites excluding steroid dienone is 2. The third kappa shape index (κ3) is 5.63. The zero-order valence-electron chi connectivity index (χ0n) is 17.0. The van der Waals surface area contributed by atoms with Crippen molar-refractivity contribution in [2.45, 2.75) is 84.5 Å². The number of ether oxygens (including phenoxy) is 1. The summed E-state index contributed by atoms with van der Waals surface area (Å²) < 4.78 is 5.68. The van der Waals surface area contributed by atoms with Gasteiger partial charge in [-0.05, 0) is 86.8 Å². The summed E-state index contributed by atoms with van der Waals surface area (Å²) in [5.41, 5.74) is 3.14. The van der Waals surface area contributed by atoms with Crippen molar-refractivity contribution < 1.29 is 4.74 Å². The summed E-state index contributed by atoms with van der Waals surface area (Å²) in [7, 11) is 0. The van der Waals surface area contributed by atoms with E-state index in [1.165, 1.54) is 69.8 Å². The fraction of sp³-hybridized carbons (Fsp3) is 0.680. The van der Waals surface area contributed by atoms with Crippen LogP contribution < -0.4 is 4.74 Å². The van der Waals surface area contributed by atoms with Gasteiger partial charge >= 0.3 is 0 Å². The predicted molar refractivity (Wildman–Crippen MR) is 112 cm³/mol. The van der Waals surface area contributed by atoms with Crippen molar-refractivity contribution >= 4 is 0 Å². The van der Waals surface area contributed by atoms with Crippen LogP contribution in [-0.2, 0) is 6.42 Å². The molecule has 0 saturated heterocycles. The first-order valence-electron chi connectivity index (χ1n) is 11.2. The monoisotopic (exact) mass is 354 g/mol. The van der Waals surface area contributed by atoms with Crippen molar-refractivity contribution in [3.8, 4) is 5.75 Å². The van der Waals surface area contributed by atoms with E-state index in [1.807, 2.05) is 0 Å². The highest BCUT2D eigenvalue weighted by atomic mass is 16.5. The zero-order valence-corrected chi connectivity index (χ0v) is 17.0. The van der Waals surface area contributed by atoms with Gasteiger partial charge in [0.1, 0.15) is 5.75 Å². The average molecular weight is 355 g/mol. The molecule has 1 atom stereocenters. The second-order valence-corrected chi connectivity index (χ2v) is 8.58. The molecule has 1 saturated carbocycles. The number of benzene rings is 1. The molecule has 0 N–H and O–H groups in total. The molecule has 1 unspecified atom stereocenters. The molecule has 0 spiro atoms. The molecule has 1 nitrogen and oxygen atoms in total. The maximum Gasteiger partial charge on any atom is 0.119 e. The third-order valence-corrected chi connectivity index (χ3v) is 6.81. The predicted octanol–water partition coefficient (Wildman–Crippen LogP) is 7.35. The topological polar surface area (TPSA) is 9.23 Å². The molecule has 1 fully saturated rings. The van der Waals surface area contributed by atoms with Crippen molar-refractivity contribution in [2.24, 2.45) is 17.8 Å². The van der Waals surface area contributed by atoms with E-state index in [0.29, 0.717) is 0 Å². The summed E-state index contributed by atoms with van der Waals surface area (Å²) in [5, 5.41) is 0. The van der Waals surface area contributed by atoms with E-state index < -0.39 is 0 Å². The number of rotatable bonds is 8. The van der Waals surface area contributed by atoms with Crippen LogP contribution in [0.3, 0.4) is 0 Å². The third-order valence-electron chi connectivity index (χ3n) is 6.81. The van der Waals surface area contributed by atoms with Crippen LogP contribution in [0.15, 0.2) is 35.9 Å². The highest BCUT2D eigenvalue weighted by molar-refractivity contribution is 5.28. The van der Waals surface area contributed by atoms with E-state index in [0.717, 1.165) is 36.5 Å². The smallest absolute Gasteiger partial charge is 0.119 e. The maximum absolute atomic E-state index is 5.68.